The molecule has 2 rings (SSSR count). The van der Waals surface area contributed by atoms with Crippen molar-refractivity contribution in [2.45, 2.75) is 45.4 Å². The molecule has 0 radical (unpaired) electrons. The van der Waals surface area contributed by atoms with E-state index in [4.69, 9.17) is 0 Å². The Morgan fingerprint density at radius 2 is 2.16 bits per heavy atom. The van der Waals surface area contributed by atoms with Crippen LogP contribution in [-0.2, 0) is 0 Å². The molecule has 0 spiro atoms. The standard InChI is InChI=1S/C17H20O2/c1-4-5-16(19)15-9-11(2)8-14(12(3)10-18)17(15)13-6-7-13/h8-9,12-13,18H,6-7,10H2,1-3H3. The molecule has 19 heavy (non-hydrogen) atoms. The molecule has 0 amide bonds. The molecule has 1 N–H and O–H groups in total. The number of aliphatic hydroxyl groups is 1. The summed E-state index contributed by atoms with van der Waals surface area (Å²) in [6.45, 7) is 5.78. The van der Waals surface area contributed by atoms with Crippen LogP contribution in [0.4, 0.5) is 0 Å². The molecule has 0 bridgehead atoms. The van der Waals surface area contributed by atoms with Crippen LogP contribution in [0.5, 0.6) is 0 Å². The highest BCUT2D eigenvalue weighted by molar-refractivity contribution is 6.10. The predicted octanol–water partition coefficient (Wildman–Crippen LogP) is 3.17. The zero-order valence-electron chi connectivity index (χ0n) is 11.8. The van der Waals surface area contributed by atoms with Crippen LogP contribution >= 0.6 is 0 Å². The molecule has 2 nitrogen and oxygen atoms in total. The third-order valence-electron chi connectivity index (χ3n) is 3.63. The van der Waals surface area contributed by atoms with Gasteiger partial charge in [0.1, 0.15) is 0 Å². The molecule has 1 aliphatic rings. The summed E-state index contributed by atoms with van der Waals surface area (Å²) >= 11 is 0. The molecule has 1 saturated carbocycles. The Hall–Kier alpha value is -1.59. The van der Waals surface area contributed by atoms with E-state index in [0.717, 1.165) is 35.1 Å². The van der Waals surface area contributed by atoms with Gasteiger partial charge in [-0.05, 0) is 55.7 Å². The highest BCUT2D eigenvalue weighted by Gasteiger charge is 2.31. The van der Waals surface area contributed by atoms with E-state index in [1.54, 1.807) is 6.92 Å². The summed E-state index contributed by atoms with van der Waals surface area (Å²) in [6.07, 6.45) is 2.27. The van der Waals surface area contributed by atoms with Gasteiger partial charge >= 0.3 is 0 Å². The molecule has 2 heteroatoms. The molecule has 0 heterocycles. The van der Waals surface area contributed by atoms with E-state index in [2.05, 4.69) is 17.9 Å². The number of benzene rings is 1. The van der Waals surface area contributed by atoms with Crippen molar-refractivity contribution in [2.24, 2.45) is 0 Å². The molecule has 1 aromatic rings. The van der Waals surface area contributed by atoms with Gasteiger partial charge in [-0.2, -0.15) is 0 Å². The van der Waals surface area contributed by atoms with E-state index in [-0.39, 0.29) is 18.3 Å². The van der Waals surface area contributed by atoms with Gasteiger partial charge in [0.2, 0.25) is 5.78 Å². The summed E-state index contributed by atoms with van der Waals surface area (Å²) < 4.78 is 0. The summed E-state index contributed by atoms with van der Waals surface area (Å²) in [5.74, 6) is 5.77. The Kier molecular flexibility index (Phi) is 4.07. The maximum atomic E-state index is 12.2. The average molecular weight is 256 g/mol. The van der Waals surface area contributed by atoms with Crippen LogP contribution in [0.1, 0.15) is 65.6 Å². The normalized spacial score (nSPS) is 15.6. The molecular formula is C17H20O2. The minimum atomic E-state index is -0.0977. The SMILES string of the molecule is CC#CC(=O)c1cc(C)cc(C(C)CO)c1C1CC1. The van der Waals surface area contributed by atoms with Crippen LogP contribution < -0.4 is 0 Å². The molecule has 0 aliphatic heterocycles. The van der Waals surface area contributed by atoms with Gasteiger partial charge in [0, 0.05) is 18.1 Å². The van der Waals surface area contributed by atoms with Gasteiger partial charge in [-0.25, -0.2) is 0 Å². The van der Waals surface area contributed by atoms with Crippen molar-refractivity contribution < 1.29 is 9.90 Å². The first-order valence-electron chi connectivity index (χ1n) is 6.80. The topological polar surface area (TPSA) is 37.3 Å². The van der Waals surface area contributed by atoms with Crippen molar-refractivity contribution in [3.63, 3.8) is 0 Å². The average Bonchev–Trinajstić information content (AvgIpc) is 3.21. The number of carbonyl (C=O) groups is 1. The van der Waals surface area contributed by atoms with E-state index >= 15 is 0 Å². The fourth-order valence-electron chi connectivity index (χ4n) is 2.53. The molecular weight excluding hydrogens is 236 g/mol. The van der Waals surface area contributed by atoms with Crippen LogP contribution in [0, 0.1) is 18.8 Å². The molecule has 1 aromatic carbocycles. The summed E-state index contributed by atoms with van der Waals surface area (Å²) in [5, 5.41) is 9.43. The van der Waals surface area contributed by atoms with Crippen molar-refractivity contribution in [3.8, 4) is 11.8 Å². The molecule has 1 fully saturated rings. The molecule has 0 aromatic heterocycles. The largest absolute Gasteiger partial charge is 0.396 e. The predicted molar refractivity (Wildman–Crippen MR) is 76.4 cm³/mol. The quantitative estimate of drug-likeness (QED) is 0.510. The Bertz CT molecular complexity index is 557. The first kappa shape index (κ1) is 13.8. The van der Waals surface area contributed by atoms with Crippen molar-refractivity contribution in [1.82, 2.24) is 0 Å². The lowest BCUT2D eigenvalue weighted by Gasteiger charge is -2.18. The lowest BCUT2D eigenvalue weighted by atomic mass is 9.87. The first-order chi connectivity index (χ1) is 9.08. The third kappa shape index (κ3) is 2.88. The van der Waals surface area contributed by atoms with Crippen LogP contribution in [-0.4, -0.2) is 17.5 Å². The summed E-state index contributed by atoms with van der Waals surface area (Å²) in [6, 6.07) is 4.04. The number of hydrogen-bond acceptors (Lipinski definition) is 2. The summed E-state index contributed by atoms with van der Waals surface area (Å²) in [4.78, 5) is 12.2. The zero-order valence-corrected chi connectivity index (χ0v) is 11.8. The second-order valence-electron chi connectivity index (χ2n) is 5.38. The van der Waals surface area contributed by atoms with E-state index in [1.165, 1.54) is 0 Å². The smallest absolute Gasteiger partial charge is 0.236 e. The van der Waals surface area contributed by atoms with Crippen molar-refractivity contribution in [3.05, 3.63) is 34.4 Å². The number of aliphatic hydroxyl groups excluding tert-OH is 1. The number of rotatable bonds is 4. The van der Waals surface area contributed by atoms with Crippen LogP contribution in [0.2, 0.25) is 0 Å². The molecule has 1 atom stereocenters. The molecule has 100 valence electrons. The number of ketones is 1. The van der Waals surface area contributed by atoms with E-state index in [9.17, 15) is 9.90 Å². The van der Waals surface area contributed by atoms with Gasteiger partial charge in [0.25, 0.3) is 0 Å². The maximum Gasteiger partial charge on any atom is 0.236 e. The number of carbonyl (C=O) groups excluding carboxylic acids is 1. The Morgan fingerprint density at radius 1 is 1.47 bits per heavy atom. The van der Waals surface area contributed by atoms with E-state index in [1.807, 2.05) is 19.9 Å². The molecule has 1 unspecified atom stereocenters. The Labute approximate surface area is 114 Å². The summed E-state index contributed by atoms with van der Waals surface area (Å²) in [7, 11) is 0. The highest BCUT2D eigenvalue weighted by atomic mass is 16.3. The Balaban J connectivity index is 2.60. The maximum absolute atomic E-state index is 12.2. The monoisotopic (exact) mass is 256 g/mol. The highest BCUT2D eigenvalue weighted by Crippen LogP contribution is 2.45. The fourth-order valence-corrected chi connectivity index (χ4v) is 2.53. The zero-order chi connectivity index (χ0) is 14.0. The van der Waals surface area contributed by atoms with E-state index < -0.39 is 0 Å². The Morgan fingerprint density at radius 3 is 2.68 bits per heavy atom. The lowest BCUT2D eigenvalue weighted by molar-refractivity contribution is 0.105. The van der Waals surface area contributed by atoms with Gasteiger partial charge in [-0.15, -0.1) is 0 Å². The van der Waals surface area contributed by atoms with Crippen molar-refractivity contribution in [1.29, 1.82) is 0 Å². The van der Waals surface area contributed by atoms with Gasteiger partial charge < -0.3 is 5.11 Å². The minimum Gasteiger partial charge on any atom is -0.396 e. The van der Waals surface area contributed by atoms with Crippen molar-refractivity contribution in [2.75, 3.05) is 6.61 Å². The van der Waals surface area contributed by atoms with Crippen LogP contribution in [0.15, 0.2) is 12.1 Å². The minimum absolute atomic E-state index is 0.0663. The van der Waals surface area contributed by atoms with Gasteiger partial charge in [-0.1, -0.05) is 24.5 Å². The molecule has 1 aliphatic carbocycles. The van der Waals surface area contributed by atoms with E-state index in [0.29, 0.717) is 5.92 Å². The molecule has 0 saturated heterocycles. The van der Waals surface area contributed by atoms with Gasteiger partial charge in [-0.3, -0.25) is 4.79 Å². The summed E-state index contributed by atoms with van der Waals surface area (Å²) in [5.41, 5.74) is 4.04. The second kappa shape index (κ2) is 5.59. The van der Waals surface area contributed by atoms with Gasteiger partial charge in [0.05, 0.1) is 0 Å². The number of Topliss-reactive ketones (excluding diaryl/α,β-unsaturated/α-hetero) is 1. The van der Waals surface area contributed by atoms with Crippen LogP contribution in [0.25, 0.3) is 0 Å². The van der Waals surface area contributed by atoms with Crippen molar-refractivity contribution >= 4 is 5.78 Å². The fraction of sp³-hybridized carbons (Fsp3) is 0.471. The number of hydrogen-bond donors (Lipinski definition) is 1. The van der Waals surface area contributed by atoms with Crippen LogP contribution in [0.3, 0.4) is 0 Å². The van der Waals surface area contributed by atoms with Gasteiger partial charge in [0.15, 0.2) is 0 Å². The lowest BCUT2D eigenvalue weighted by Crippen LogP contribution is -2.10. The number of aryl methyl sites for hydroxylation is 1. The third-order valence-corrected chi connectivity index (χ3v) is 3.63. The first-order valence-corrected chi connectivity index (χ1v) is 6.80. The second-order valence-corrected chi connectivity index (χ2v) is 5.38.